The number of rotatable bonds is 4. The number of carbonyl (C=O) groups is 5. The molecule has 1 aliphatic heterocycles. The molecule has 1 heterocycles. The molecular weight excluding hydrogens is 356 g/mol. The fourth-order valence-corrected chi connectivity index (χ4v) is 4.20. The third kappa shape index (κ3) is 4.75. The molecule has 0 aromatic carbocycles. The number of hydrogen-bond donors (Lipinski definition) is 3. The van der Waals surface area contributed by atoms with Gasteiger partial charge in [-0.05, 0) is 30.6 Å². The third-order valence-electron chi connectivity index (χ3n) is 4.76. The van der Waals surface area contributed by atoms with Gasteiger partial charge in [0, 0.05) is 7.05 Å². The van der Waals surface area contributed by atoms with Crippen molar-refractivity contribution in [1.82, 2.24) is 20.9 Å². The Bertz CT molecular complexity index is 676. The summed E-state index contributed by atoms with van der Waals surface area (Å²) in [5, 5.41) is 6.87. The van der Waals surface area contributed by atoms with Gasteiger partial charge < -0.3 is 15.4 Å². The number of urea groups is 2. The minimum Gasteiger partial charge on any atom is -0.454 e. The first kappa shape index (κ1) is 20.7. The lowest BCUT2D eigenvalue weighted by molar-refractivity contribution is -0.151. The van der Waals surface area contributed by atoms with Crippen molar-refractivity contribution in [2.75, 3.05) is 20.2 Å². The van der Waals surface area contributed by atoms with Crippen LogP contribution in [0.1, 0.15) is 40.0 Å². The predicted octanol–water partition coefficient (Wildman–Crippen LogP) is 0.122. The molecule has 0 aromatic rings. The van der Waals surface area contributed by atoms with Gasteiger partial charge in [-0.1, -0.05) is 20.8 Å². The van der Waals surface area contributed by atoms with Gasteiger partial charge in [0.25, 0.3) is 11.8 Å². The molecule has 27 heavy (non-hydrogen) atoms. The summed E-state index contributed by atoms with van der Waals surface area (Å²) in [6.45, 7) is 4.85. The van der Waals surface area contributed by atoms with Crippen molar-refractivity contribution >= 4 is 29.8 Å². The summed E-state index contributed by atoms with van der Waals surface area (Å²) >= 11 is 0. The first-order valence-corrected chi connectivity index (χ1v) is 8.79. The van der Waals surface area contributed by atoms with E-state index in [9.17, 15) is 24.0 Å². The van der Waals surface area contributed by atoms with Crippen molar-refractivity contribution in [2.45, 2.75) is 45.6 Å². The maximum Gasteiger partial charge on any atom is 0.326 e. The van der Waals surface area contributed by atoms with Crippen LogP contribution in [0.5, 0.6) is 0 Å². The van der Waals surface area contributed by atoms with Crippen LogP contribution < -0.4 is 16.0 Å². The largest absolute Gasteiger partial charge is 0.454 e. The monoisotopic (exact) mass is 382 g/mol. The second-order valence-electron chi connectivity index (χ2n) is 8.05. The van der Waals surface area contributed by atoms with Crippen LogP contribution in [0.15, 0.2) is 0 Å². The Kier molecular flexibility index (Phi) is 5.76. The molecule has 1 aliphatic carbocycles. The normalized spacial score (nSPS) is 26.5. The van der Waals surface area contributed by atoms with Crippen LogP contribution in [0, 0.1) is 11.3 Å². The molecule has 1 spiro atoms. The Morgan fingerprint density at radius 1 is 1.26 bits per heavy atom. The molecule has 2 rings (SSSR count). The molecule has 2 atom stereocenters. The van der Waals surface area contributed by atoms with Crippen molar-refractivity contribution in [3.8, 4) is 0 Å². The Hall–Kier alpha value is -2.65. The SMILES string of the molecule is CNC(=O)NC(=O)COC(=O)CN1C(=O)N[C@]2(C[C@@H](C)CC(C)(C)C2)C1=O. The Morgan fingerprint density at radius 3 is 2.52 bits per heavy atom. The zero-order valence-corrected chi connectivity index (χ0v) is 16.0. The van der Waals surface area contributed by atoms with Crippen molar-refractivity contribution in [1.29, 1.82) is 0 Å². The molecule has 1 saturated carbocycles. The molecule has 6 amide bonds. The number of nitrogens with one attached hydrogen (secondary N) is 3. The van der Waals surface area contributed by atoms with E-state index in [2.05, 4.69) is 10.6 Å². The van der Waals surface area contributed by atoms with Crippen LogP contribution in [0.25, 0.3) is 0 Å². The number of nitrogens with zero attached hydrogens (tertiary/aromatic N) is 1. The fraction of sp³-hybridized carbons (Fsp3) is 0.706. The summed E-state index contributed by atoms with van der Waals surface area (Å²) in [6.07, 6.45) is 1.95. The highest BCUT2D eigenvalue weighted by atomic mass is 16.5. The first-order chi connectivity index (χ1) is 12.5. The minimum atomic E-state index is -1.00. The number of hydrogen-bond acceptors (Lipinski definition) is 6. The van der Waals surface area contributed by atoms with Gasteiger partial charge in [0.2, 0.25) is 0 Å². The second kappa shape index (κ2) is 7.53. The molecule has 2 fully saturated rings. The van der Waals surface area contributed by atoms with E-state index in [0.717, 1.165) is 11.3 Å². The third-order valence-corrected chi connectivity index (χ3v) is 4.76. The average molecular weight is 382 g/mol. The van der Waals surface area contributed by atoms with Gasteiger partial charge in [-0.15, -0.1) is 0 Å². The zero-order chi connectivity index (χ0) is 20.4. The molecule has 0 bridgehead atoms. The lowest BCUT2D eigenvalue weighted by Crippen LogP contribution is -2.54. The van der Waals surface area contributed by atoms with Gasteiger partial charge >= 0.3 is 18.0 Å². The quantitative estimate of drug-likeness (QED) is 0.467. The summed E-state index contributed by atoms with van der Waals surface area (Å²) in [7, 11) is 1.33. The van der Waals surface area contributed by atoms with Crippen molar-refractivity contribution < 1.29 is 28.7 Å². The van der Waals surface area contributed by atoms with Crippen LogP contribution in [0.2, 0.25) is 0 Å². The van der Waals surface area contributed by atoms with E-state index >= 15 is 0 Å². The van der Waals surface area contributed by atoms with E-state index in [1.54, 1.807) is 0 Å². The molecule has 150 valence electrons. The van der Waals surface area contributed by atoms with E-state index in [1.165, 1.54) is 7.05 Å². The number of carbonyl (C=O) groups excluding carboxylic acids is 5. The average Bonchev–Trinajstić information content (AvgIpc) is 2.74. The van der Waals surface area contributed by atoms with Gasteiger partial charge in [-0.25, -0.2) is 9.59 Å². The summed E-state index contributed by atoms with van der Waals surface area (Å²) in [6, 6.07) is -1.38. The molecule has 3 N–H and O–H groups in total. The highest BCUT2D eigenvalue weighted by molar-refractivity contribution is 6.09. The zero-order valence-electron chi connectivity index (χ0n) is 16.0. The molecule has 1 saturated heterocycles. The fourth-order valence-electron chi connectivity index (χ4n) is 4.20. The van der Waals surface area contributed by atoms with E-state index < -0.39 is 48.5 Å². The van der Waals surface area contributed by atoms with Crippen molar-refractivity contribution in [2.24, 2.45) is 11.3 Å². The maximum absolute atomic E-state index is 12.9. The number of ether oxygens (including phenoxy) is 1. The molecule has 0 unspecified atom stereocenters. The number of esters is 1. The summed E-state index contributed by atoms with van der Waals surface area (Å²) in [5.74, 6) is -1.93. The summed E-state index contributed by atoms with van der Waals surface area (Å²) in [4.78, 5) is 60.4. The summed E-state index contributed by atoms with van der Waals surface area (Å²) < 4.78 is 4.74. The molecule has 10 nitrogen and oxygen atoms in total. The smallest absolute Gasteiger partial charge is 0.326 e. The lowest BCUT2D eigenvalue weighted by atomic mass is 9.64. The van der Waals surface area contributed by atoms with Gasteiger partial charge in [0.05, 0.1) is 0 Å². The molecular formula is C17H26N4O6. The van der Waals surface area contributed by atoms with Crippen molar-refractivity contribution in [3.05, 3.63) is 0 Å². The standard InChI is InChI=1S/C17H26N4O6/c1-10-5-16(2,3)9-17(6-10)13(24)21(15(26)20-17)7-12(23)27-8-11(22)19-14(25)18-4/h10H,5-9H2,1-4H3,(H,20,26)(H2,18,19,22,25)/t10-,17-/m0/s1. The molecule has 0 aromatic heterocycles. The van der Waals surface area contributed by atoms with Crippen molar-refractivity contribution in [3.63, 3.8) is 0 Å². The minimum absolute atomic E-state index is 0.116. The van der Waals surface area contributed by atoms with E-state index in [0.29, 0.717) is 12.8 Å². The van der Waals surface area contributed by atoms with Crippen LogP contribution >= 0.6 is 0 Å². The highest BCUT2D eigenvalue weighted by Crippen LogP contribution is 2.46. The predicted molar refractivity (Wildman–Crippen MR) is 93.3 cm³/mol. The van der Waals surface area contributed by atoms with Gasteiger partial charge in [0.1, 0.15) is 12.1 Å². The topological polar surface area (TPSA) is 134 Å². The van der Waals surface area contributed by atoms with Crippen LogP contribution in [-0.2, 0) is 19.1 Å². The molecule has 2 aliphatic rings. The van der Waals surface area contributed by atoms with E-state index in [1.807, 2.05) is 26.1 Å². The van der Waals surface area contributed by atoms with Gasteiger partial charge in [-0.2, -0.15) is 0 Å². The maximum atomic E-state index is 12.9. The summed E-state index contributed by atoms with van der Waals surface area (Å²) in [5.41, 5.74) is -1.12. The Balaban J connectivity index is 1.96. The van der Waals surface area contributed by atoms with Gasteiger partial charge in [-0.3, -0.25) is 24.6 Å². The molecule has 0 radical (unpaired) electrons. The van der Waals surface area contributed by atoms with E-state index in [-0.39, 0.29) is 11.3 Å². The van der Waals surface area contributed by atoms with Crippen LogP contribution in [0.3, 0.4) is 0 Å². The van der Waals surface area contributed by atoms with Crippen LogP contribution in [0.4, 0.5) is 9.59 Å². The van der Waals surface area contributed by atoms with E-state index in [4.69, 9.17) is 4.74 Å². The second-order valence-corrected chi connectivity index (χ2v) is 8.05. The van der Waals surface area contributed by atoms with Gasteiger partial charge in [0.15, 0.2) is 6.61 Å². The first-order valence-electron chi connectivity index (χ1n) is 8.79. The van der Waals surface area contributed by atoms with Crippen LogP contribution in [-0.4, -0.2) is 60.5 Å². The molecule has 10 heteroatoms. The Labute approximate surface area is 157 Å². The number of amides is 6. The number of imide groups is 2. The highest BCUT2D eigenvalue weighted by Gasteiger charge is 2.56. The lowest BCUT2D eigenvalue weighted by Gasteiger charge is -2.43. The Morgan fingerprint density at radius 2 is 1.93 bits per heavy atom.